The van der Waals surface area contributed by atoms with E-state index >= 15 is 4.39 Å². The molecular formula is C20H18ClF2N7O. The molecule has 0 saturated heterocycles. The van der Waals surface area contributed by atoms with Crippen LogP contribution in [0.2, 0.25) is 5.02 Å². The molecule has 2 unspecified atom stereocenters. The molecule has 31 heavy (non-hydrogen) atoms. The number of aromatic nitrogens is 5. The van der Waals surface area contributed by atoms with Gasteiger partial charge in [-0.25, -0.2) is 18.3 Å². The number of amides is 1. The van der Waals surface area contributed by atoms with E-state index in [1.54, 1.807) is 30.3 Å². The molecule has 2 N–H and O–H groups in total. The average Bonchev–Trinajstić information content (AvgIpc) is 3.12. The summed E-state index contributed by atoms with van der Waals surface area (Å²) in [6.45, 7) is 2.49. The first-order chi connectivity index (χ1) is 14.9. The number of nitrogens with one attached hydrogen (secondary N) is 2. The largest absolute Gasteiger partial charge is 0.371 e. The van der Waals surface area contributed by atoms with E-state index in [1.165, 1.54) is 10.7 Å². The first-order valence-corrected chi connectivity index (χ1v) is 10.1. The molecule has 4 aromatic rings. The summed E-state index contributed by atoms with van der Waals surface area (Å²) < 4.78 is 29.8. The zero-order valence-electron chi connectivity index (χ0n) is 16.7. The molecule has 1 amide bonds. The molecule has 0 spiro atoms. The van der Waals surface area contributed by atoms with Crippen molar-refractivity contribution >= 4 is 45.6 Å². The highest BCUT2D eigenvalue weighted by atomic mass is 35.5. The predicted octanol–water partition coefficient (Wildman–Crippen LogP) is 3.82. The zero-order valence-corrected chi connectivity index (χ0v) is 17.4. The van der Waals surface area contributed by atoms with Crippen LogP contribution in [0.3, 0.4) is 0 Å². The number of anilines is 2. The van der Waals surface area contributed by atoms with Crippen molar-refractivity contribution in [1.29, 1.82) is 0 Å². The second-order valence-electron chi connectivity index (χ2n) is 7.52. The molecular weight excluding hydrogens is 428 g/mol. The fraction of sp³-hybridized carbons (Fsp3) is 0.300. The van der Waals surface area contributed by atoms with Gasteiger partial charge >= 0.3 is 0 Å². The van der Waals surface area contributed by atoms with Gasteiger partial charge in [-0.2, -0.15) is 10.2 Å². The smallest absolute Gasteiger partial charge is 0.231 e. The van der Waals surface area contributed by atoms with Gasteiger partial charge in [-0.15, -0.1) is 0 Å². The van der Waals surface area contributed by atoms with Gasteiger partial charge < -0.3 is 10.2 Å². The SMILES string of the molecule is CCN(C)c1c(F)c(Cl)c(-c2ccc3nc(NC(=O)C4CC4F)cn3n2)c2cn[nH]c12. The lowest BCUT2D eigenvalue weighted by Gasteiger charge is -2.20. The quantitative estimate of drug-likeness (QED) is 0.487. The van der Waals surface area contributed by atoms with Crippen LogP contribution in [0, 0.1) is 11.7 Å². The van der Waals surface area contributed by atoms with Crippen LogP contribution in [0.4, 0.5) is 20.3 Å². The monoisotopic (exact) mass is 445 g/mol. The second-order valence-corrected chi connectivity index (χ2v) is 7.90. The molecule has 0 radical (unpaired) electrons. The summed E-state index contributed by atoms with van der Waals surface area (Å²) in [5, 5.41) is 14.6. The number of imidazole rings is 1. The van der Waals surface area contributed by atoms with E-state index in [1.807, 2.05) is 6.92 Å². The Bertz CT molecular complexity index is 1330. The molecule has 3 aromatic heterocycles. The average molecular weight is 446 g/mol. The minimum absolute atomic E-state index is 0.0626. The van der Waals surface area contributed by atoms with Gasteiger partial charge in [-0.1, -0.05) is 11.6 Å². The molecule has 0 aliphatic heterocycles. The number of benzene rings is 1. The lowest BCUT2D eigenvalue weighted by atomic mass is 10.0. The standard InChI is InChI=1S/C20H18ClF2N7O/c1-3-29(2)19-17(23)16(21)15(10-7-24-27-18(10)19)12-4-5-14-25-13(8-30(14)28-12)26-20(31)9-6-11(9)22/h4-5,7-9,11H,3,6H2,1-2H3,(H,24,27)(H,26,31). The van der Waals surface area contributed by atoms with Gasteiger partial charge in [0.1, 0.15) is 11.9 Å². The molecule has 5 rings (SSSR count). The number of fused-ring (bicyclic) bond motifs is 2. The number of rotatable bonds is 5. The number of alkyl halides is 1. The Hall–Kier alpha value is -3.27. The lowest BCUT2D eigenvalue weighted by Crippen LogP contribution is -2.18. The highest BCUT2D eigenvalue weighted by molar-refractivity contribution is 6.35. The van der Waals surface area contributed by atoms with Crippen molar-refractivity contribution in [2.45, 2.75) is 19.5 Å². The molecule has 1 aliphatic carbocycles. The van der Waals surface area contributed by atoms with Crippen LogP contribution in [0.15, 0.2) is 24.5 Å². The first kappa shape index (κ1) is 19.7. The number of halogens is 3. The van der Waals surface area contributed by atoms with Gasteiger partial charge in [0, 0.05) is 24.5 Å². The Morgan fingerprint density at radius 1 is 1.45 bits per heavy atom. The highest BCUT2D eigenvalue weighted by Crippen LogP contribution is 2.41. The normalized spacial score (nSPS) is 18.0. The van der Waals surface area contributed by atoms with Crippen molar-refractivity contribution in [2.75, 3.05) is 23.8 Å². The number of nitrogens with zero attached hydrogens (tertiary/aromatic N) is 5. The van der Waals surface area contributed by atoms with E-state index in [4.69, 9.17) is 11.6 Å². The van der Waals surface area contributed by atoms with Gasteiger partial charge in [-0.05, 0) is 25.5 Å². The fourth-order valence-electron chi connectivity index (χ4n) is 3.59. The van der Waals surface area contributed by atoms with E-state index in [2.05, 4.69) is 25.6 Å². The van der Waals surface area contributed by atoms with Crippen molar-refractivity contribution in [3.63, 3.8) is 0 Å². The Labute approximate surface area is 180 Å². The number of H-pyrrole nitrogens is 1. The van der Waals surface area contributed by atoms with E-state index in [9.17, 15) is 9.18 Å². The van der Waals surface area contributed by atoms with Crippen LogP contribution in [0.1, 0.15) is 13.3 Å². The molecule has 2 atom stereocenters. The van der Waals surface area contributed by atoms with Gasteiger partial charge in [0.2, 0.25) is 5.91 Å². The molecule has 11 heteroatoms. The minimum atomic E-state index is -1.09. The maximum absolute atomic E-state index is 15.2. The number of aromatic amines is 1. The third-order valence-electron chi connectivity index (χ3n) is 5.50. The van der Waals surface area contributed by atoms with E-state index < -0.39 is 23.8 Å². The van der Waals surface area contributed by atoms with E-state index in [-0.39, 0.29) is 17.3 Å². The van der Waals surface area contributed by atoms with Crippen molar-refractivity contribution in [1.82, 2.24) is 24.8 Å². The van der Waals surface area contributed by atoms with Gasteiger partial charge in [0.15, 0.2) is 17.3 Å². The zero-order chi connectivity index (χ0) is 21.9. The van der Waals surface area contributed by atoms with Crippen molar-refractivity contribution in [2.24, 2.45) is 5.92 Å². The van der Waals surface area contributed by atoms with Crippen LogP contribution in [-0.4, -0.2) is 50.5 Å². The predicted molar refractivity (Wildman–Crippen MR) is 114 cm³/mol. The molecule has 1 saturated carbocycles. The molecule has 8 nitrogen and oxygen atoms in total. The third-order valence-corrected chi connectivity index (χ3v) is 5.85. The molecule has 0 bridgehead atoms. The molecule has 3 heterocycles. The maximum atomic E-state index is 15.2. The number of hydrogen-bond donors (Lipinski definition) is 2. The number of hydrogen-bond acceptors (Lipinski definition) is 5. The Morgan fingerprint density at radius 3 is 2.94 bits per heavy atom. The fourth-order valence-corrected chi connectivity index (χ4v) is 3.88. The molecule has 160 valence electrons. The van der Waals surface area contributed by atoms with Crippen molar-refractivity contribution in [3.05, 3.63) is 35.4 Å². The summed E-state index contributed by atoms with van der Waals surface area (Å²) in [5.74, 6) is -1.33. The van der Waals surface area contributed by atoms with Gasteiger partial charge in [-0.3, -0.25) is 9.89 Å². The Morgan fingerprint density at radius 2 is 2.23 bits per heavy atom. The van der Waals surface area contributed by atoms with Crippen LogP contribution in [0.5, 0.6) is 0 Å². The molecule has 1 aromatic carbocycles. The summed E-state index contributed by atoms with van der Waals surface area (Å²) >= 11 is 6.45. The van der Waals surface area contributed by atoms with Crippen molar-refractivity contribution < 1.29 is 13.6 Å². The molecule has 1 aliphatic rings. The number of carbonyl (C=O) groups is 1. The molecule has 1 fully saturated rings. The second kappa shape index (κ2) is 7.16. The van der Waals surface area contributed by atoms with E-state index in [0.717, 1.165) is 0 Å². The number of carbonyl (C=O) groups excluding carboxylic acids is 1. The van der Waals surface area contributed by atoms with Crippen LogP contribution in [0.25, 0.3) is 27.8 Å². The summed E-state index contributed by atoms with van der Waals surface area (Å²) in [5.41, 5.74) is 2.13. The summed E-state index contributed by atoms with van der Waals surface area (Å²) in [4.78, 5) is 18.0. The topological polar surface area (TPSA) is 91.2 Å². The van der Waals surface area contributed by atoms with Crippen LogP contribution >= 0.6 is 11.6 Å². The van der Waals surface area contributed by atoms with Gasteiger partial charge in [0.05, 0.1) is 34.5 Å². The Balaban J connectivity index is 1.58. The summed E-state index contributed by atoms with van der Waals surface area (Å²) in [6, 6.07) is 3.35. The lowest BCUT2D eigenvalue weighted by molar-refractivity contribution is -0.117. The highest BCUT2D eigenvalue weighted by Gasteiger charge is 2.43. The van der Waals surface area contributed by atoms with Crippen molar-refractivity contribution in [3.8, 4) is 11.3 Å². The van der Waals surface area contributed by atoms with E-state index in [0.29, 0.717) is 40.0 Å². The first-order valence-electron chi connectivity index (χ1n) is 9.76. The summed E-state index contributed by atoms with van der Waals surface area (Å²) in [7, 11) is 1.77. The minimum Gasteiger partial charge on any atom is -0.371 e. The third kappa shape index (κ3) is 3.18. The van der Waals surface area contributed by atoms with Crippen LogP contribution in [-0.2, 0) is 4.79 Å². The summed E-state index contributed by atoms with van der Waals surface area (Å²) in [6.07, 6.45) is 2.24. The van der Waals surface area contributed by atoms with Gasteiger partial charge in [0.25, 0.3) is 0 Å². The Kier molecular flexibility index (Phi) is 4.54. The maximum Gasteiger partial charge on any atom is 0.231 e. The van der Waals surface area contributed by atoms with Crippen LogP contribution < -0.4 is 10.2 Å².